The first kappa shape index (κ1) is 15.6. The molecule has 0 aliphatic rings. The summed E-state index contributed by atoms with van der Waals surface area (Å²) >= 11 is 2.28. The number of unbranched alkanes of at least 4 members (excludes halogenated alkanes) is 1. The molecule has 0 bridgehead atoms. The Bertz CT molecular complexity index is 187. The van der Waals surface area contributed by atoms with Crippen LogP contribution in [-0.4, -0.2) is 14.4 Å². The summed E-state index contributed by atoms with van der Waals surface area (Å²) in [6.45, 7) is 11.3. The SMILES string of the molecule is CCCCC(C)C(/C=C/I)O[Si](C)(C)C. The molecule has 0 aromatic rings. The molecule has 0 aliphatic carbocycles. The number of hydrogen-bond acceptors (Lipinski definition) is 1. The van der Waals surface area contributed by atoms with Crippen molar-refractivity contribution < 1.29 is 4.43 Å². The minimum atomic E-state index is -1.41. The minimum absolute atomic E-state index is 0.320. The van der Waals surface area contributed by atoms with Crippen molar-refractivity contribution >= 4 is 30.9 Å². The fourth-order valence-corrected chi connectivity index (χ4v) is 3.05. The number of rotatable bonds is 7. The molecule has 0 radical (unpaired) electrons. The van der Waals surface area contributed by atoms with Crippen LogP contribution in [0.25, 0.3) is 0 Å². The normalized spacial score (nSPS) is 16.9. The van der Waals surface area contributed by atoms with Gasteiger partial charge in [-0.15, -0.1) is 0 Å². The maximum atomic E-state index is 6.18. The molecule has 0 amide bonds. The van der Waals surface area contributed by atoms with Crippen molar-refractivity contribution in [1.29, 1.82) is 0 Å². The summed E-state index contributed by atoms with van der Waals surface area (Å²) < 4.78 is 8.27. The van der Waals surface area contributed by atoms with Crippen molar-refractivity contribution in [2.45, 2.75) is 58.9 Å². The fraction of sp³-hybridized carbons (Fsp3) is 0.833. The average molecular weight is 340 g/mol. The van der Waals surface area contributed by atoms with Gasteiger partial charge in [0.1, 0.15) is 0 Å². The lowest BCUT2D eigenvalue weighted by atomic mass is 9.98. The fourth-order valence-electron chi connectivity index (χ4n) is 1.52. The summed E-state index contributed by atoms with van der Waals surface area (Å²) in [5, 5.41) is 0. The first-order valence-corrected chi connectivity index (χ1v) is 10.5. The molecule has 1 nitrogen and oxygen atoms in total. The van der Waals surface area contributed by atoms with E-state index in [9.17, 15) is 0 Å². The van der Waals surface area contributed by atoms with Crippen molar-refractivity contribution in [3.05, 3.63) is 10.2 Å². The number of halogens is 1. The molecule has 15 heavy (non-hydrogen) atoms. The first-order chi connectivity index (χ1) is 6.90. The summed E-state index contributed by atoms with van der Waals surface area (Å²) in [6.07, 6.45) is 6.38. The molecule has 2 unspecified atom stereocenters. The van der Waals surface area contributed by atoms with Crippen molar-refractivity contribution in [1.82, 2.24) is 0 Å². The standard InChI is InChI=1S/C12H25IOSi/c1-6-7-8-11(2)12(9-10-13)14-15(3,4)5/h9-12H,6-8H2,1-5H3/b10-9+. The van der Waals surface area contributed by atoms with Gasteiger partial charge in [-0.05, 0) is 36.1 Å². The molecule has 0 aromatic carbocycles. The van der Waals surface area contributed by atoms with Crippen LogP contribution in [0, 0.1) is 5.92 Å². The van der Waals surface area contributed by atoms with Gasteiger partial charge in [-0.25, -0.2) is 0 Å². The van der Waals surface area contributed by atoms with Crippen LogP contribution in [0.2, 0.25) is 19.6 Å². The quantitative estimate of drug-likeness (QED) is 0.469. The molecular formula is C12H25IOSi. The van der Waals surface area contributed by atoms with Crippen molar-refractivity contribution in [2.75, 3.05) is 0 Å². The second-order valence-corrected chi connectivity index (χ2v) is 10.3. The van der Waals surface area contributed by atoms with Gasteiger partial charge < -0.3 is 4.43 Å². The first-order valence-electron chi connectivity index (χ1n) is 5.85. The van der Waals surface area contributed by atoms with Gasteiger partial charge in [-0.2, -0.15) is 0 Å². The second-order valence-electron chi connectivity index (χ2n) is 5.13. The van der Waals surface area contributed by atoms with E-state index in [1.54, 1.807) is 0 Å². The van der Waals surface area contributed by atoms with Crippen LogP contribution >= 0.6 is 22.6 Å². The van der Waals surface area contributed by atoms with Crippen molar-refractivity contribution in [2.24, 2.45) is 5.92 Å². The van der Waals surface area contributed by atoms with Gasteiger partial charge in [0.2, 0.25) is 0 Å². The van der Waals surface area contributed by atoms with Crippen LogP contribution in [0.1, 0.15) is 33.1 Å². The van der Waals surface area contributed by atoms with Gasteiger partial charge in [0.15, 0.2) is 8.32 Å². The molecule has 0 aromatic heterocycles. The van der Waals surface area contributed by atoms with Gasteiger partial charge in [-0.3, -0.25) is 0 Å². The zero-order valence-corrected chi connectivity index (χ0v) is 13.9. The Morgan fingerprint density at radius 3 is 2.33 bits per heavy atom. The highest BCUT2D eigenvalue weighted by Gasteiger charge is 2.23. The van der Waals surface area contributed by atoms with Crippen molar-refractivity contribution in [3.8, 4) is 0 Å². The lowest BCUT2D eigenvalue weighted by Crippen LogP contribution is -2.34. The molecular weight excluding hydrogens is 315 g/mol. The Morgan fingerprint density at radius 1 is 1.33 bits per heavy atom. The van der Waals surface area contributed by atoms with Crippen LogP contribution in [0.15, 0.2) is 10.2 Å². The van der Waals surface area contributed by atoms with E-state index in [1.165, 1.54) is 19.3 Å². The van der Waals surface area contributed by atoms with Gasteiger partial charge >= 0.3 is 0 Å². The van der Waals surface area contributed by atoms with E-state index in [0.29, 0.717) is 12.0 Å². The van der Waals surface area contributed by atoms with Gasteiger partial charge in [-0.1, -0.05) is 55.4 Å². The lowest BCUT2D eigenvalue weighted by molar-refractivity contribution is 0.173. The molecule has 0 fully saturated rings. The Morgan fingerprint density at radius 2 is 1.93 bits per heavy atom. The zero-order valence-electron chi connectivity index (χ0n) is 10.7. The Hall–Kier alpha value is 0.647. The van der Waals surface area contributed by atoms with Crippen LogP contribution in [0.5, 0.6) is 0 Å². The molecule has 90 valence electrons. The monoisotopic (exact) mass is 340 g/mol. The zero-order chi connectivity index (χ0) is 11.9. The van der Waals surface area contributed by atoms with E-state index in [0.717, 1.165) is 0 Å². The van der Waals surface area contributed by atoms with E-state index in [1.807, 2.05) is 0 Å². The van der Waals surface area contributed by atoms with Crippen molar-refractivity contribution in [3.63, 3.8) is 0 Å². The highest BCUT2D eigenvalue weighted by molar-refractivity contribution is 14.1. The Labute approximate surface area is 110 Å². The van der Waals surface area contributed by atoms with Crippen LogP contribution in [0.4, 0.5) is 0 Å². The van der Waals surface area contributed by atoms with Gasteiger partial charge in [0.25, 0.3) is 0 Å². The smallest absolute Gasteiger partial charge is 0.184 e. The van der Waals surface area contributed by atoms with Gasteiger partial charge in [0, 0.05) is 0 Å². The van der Waals surface area contributed by atoms with E-state index < -0.39 is 8.32 Å². The van der Waals surface area contributed by atoms with E-state index in [2.05, 4.69) is 66.2 Å². The molecule has 0 saturated heterocycles. The highest BCUT2D eigenvalue weighted by atomic mass is 127. The molecule has 3 heteroatoms. The Kier molecular flexibility index (Phi) is 8.18. The average Bonchev–Trinajstić information content (AvgIpc) is 2.11. The largest absolute Gasteiger partial charge is 0.411 e. The van der Waals surface area contributed by atoms with E-state index in [-0.39, 0.29) is 0 Å². The summed E-state index contributed by atoms with van der Waals surface area (Å²) in [5.41, 5.74) is 0. The molecule has 0 heterocycles. The molecule has 0 rings (SSSR count). The summed E-state index contributed by atoms with van der Waals surface area (Å²) in [4.78, 5) is 0. The number of hydrogen-bond donors (Lipinski definition) is 0. The summed E-state index contributed by atoms with van der Waals surface area (Å²) in [7, 11) is -1.41. The third-order valence-corrected chi connectivity index (χ3v) is 3.72. The predicted molar refractivity (Wildman–Crippen MR) is 80.1 cm³/mol. The lowest BCUT2D eigenvalue weighted by Gasteiger charge is -2.28. The van der Waals surface area contributed by atoms with Gasteiger partial charge in [0.05, 0.1) is 6.10 Å². The third-order valence-electron chi connectivity index (χ3n) is 2.33. The molecule has 0 N–H and O–H groups in total. The molecule has 0 saturated carbocycles. The van der Waals surface area contributed by atoms with E-state index >= 15 is 0 Å². The molecule has 0 spiro atoms. The van der Waals surface area contributed by atoms with E-state index in [4.69, 9.17) is 4.43 Å². The minimum Gasteiger partial charge on any atom is -0.411 e. The summed E-state index contributed by atoms with van der Waals surface area (Å²) in [5.74, 6) is 0.641. The maximum absolute atomic E-state index is 6.18. The topological polar surface area (TPSA) is 9.23 Å². The second kappa shape index (κ2) is 7.85. The predicted octanol–water partition coefficient (Wildman–Crippen LogP) is 4.98. The van der Waals surface area contributed by atoms with Crippen LogP contribution in [-0.2, 0) is 4.43 Å². The highest BCUT2D eigenvalue weighted by Crippen LogP contribution is 2.20. The third kappa shape index (κ3) is 8.45. The van der Waals surface area contributed by atoms with Crippen LogP contribution < -0.4 is 0 Å². The molecule has 0 aliphatic heterocycles. The molecule has 2 atom stereocenters. The summed E-state index contributed by atoms with van der Waals surface area (Å²) in [6, 6.07) is 0. The Balaban J connectivity index is 4.25. The van der Waals surface area contributed by atoms with Crippen LogP contribution in [0.3, 0.4) is 0 Å². The maximum Gasteiger partial charge on any atom is 0.184 e.